The fraction of sp³-hybridized carbons (Fsp3) is 0.190. The van der Waals surface area contributed by atoms with Gasteiger partial charge in [0, 0.05) is 17.5 Å². The highest BCUT2D eigenvalue weighted by atomic mass is 16.5. The number of H-pyrrole nitrogens is 1. The van der Waals surface area contributed by atoms with Crippen LogP contribution in [0.2, 0.25) is 0 Å². The van der Waals surface area contributed by atoms with Gasteiger partial charge >= 0.3 is 5.97 Å². The lowest BCUT2D eigenvalue weighted by molar-refractivity contribution is -0.142. The van der Waals surface area contributed by atoms with Crippen LogP contribution in [0.25, 0.3) is 23.1 Å². The number of carbonyl (C=O) groups is 2. The Morgan fingerprint density at radius 2 is 1.89 bits per heavy atom. The average molecular weight is 363 g/mol. The monoisotopic (exact) mass is 363 g/mol. The third-order valence-corrected chi connectivity index (χ3v) is 4.03. The number of hydrogen-bond donors (Lipinski definition) is 2. The van der Waals surface area contributed by atoms with Gasteiger partial charge in [-0.25, -0.2) is 0 Å². The number of amides is 1. The molecule has 2 aromatic carbocycles. The van der Waals surface area contributed by atoms with Crippen LogP contribution in [0.5, 0.6) is 0 Å². The first kappa shape index (κ1) is 18.4. The number of carbonyl (C=O) groups excluding carboxylic acids is 2. The van der Waals surface area contributed by atoms with Crippen LogP contribution in [0.3, 0.4) is 0 Å². The lowest BCUT2D eigenvalue weighted by Crippen LogP contribution is -2.26. The number of fused-ring (bicyclic) bond motifs is 1. The molecule has 0 fully saturated rings. The molecule has 6 heteroatoms. The molecule has 0 radical (unpaired) electrons. The van der Waals surface area contributed by atoms with E-state index in [1.807, 2.05) is 48.6 Å². The van der Waals surface area contributed by atoms with E-state index in [2.05, 4.69) is 15.5 Å². The van der Waals surface area contributed by atoms with Crippen molar-refractivity contribution in [2.45, 2.75) is 13.3 Å². The summed E-state index contributed by atoms with van der Waals surface area (Å²) in [5, 5.41) is 11.1. The Morgan fingerprint density at radius 3 is 2.67 bits per heavy atom. The second-order valence-electron chi connectivity index (χ2n) is 5.92. The molecule has 0 aliphatic rings. The fourth-order valence-corrected chi connectivity index (χ4v) is 2.65. The van der Waals surface area contributed by atoms with Crippen molar-refractivity contribution >= 4 is 34.9 Å². The summed E-state index contributed by atoms with van der Waals surface area (Å²) in [6.07, 6.45) is 4.05. The molecule has 1 amide bonds. The third kappa shape index (κ3) is 4.82. The van der Waals surface area contributed by atoms with Crippen molar-refractivity contribution in [2.75, 3.05) is 13.2 Å². The van der Waals surface area contributed by atoms with Crippen molar-refractivity contribution in [3.05, 3.63) is 65.4 Å². The van der Waals surface area contributed by atoms with Crippen LogP contribution < -0.4 is 5.32 Å². The molecule has 3 aromatic rings. The van der Waals surface area contributed by atoms with Gasteiger partial charge in [0.15, 0.2) is 0 Å². The van der Waals surface area contributed by atoms with E-state index in [1.165, 1.54) is 0 Å². The zero-order valence-corrected chi connectivity index (χ0v) is 15.1. The summed E-state index contributed by atoms with van der Waals surface area (Å²) in [5.74, 6) is -0.530. The zero-order chi connectivity index (χ0) is 19.1. The smallest absolute Gasteiger partial charge is 0.307 e. The van der Waals surface area contributed by atoms with Gasteiger partial charge in [-0.05, 0) is 36.8 Å². The van der Waals surface area contributed by atoms with Gasteiger partial charge in [-0.3, -0.25) is 14.7 Å². The SMILES string of the molecule is CCOC(=O)CCNC(=O)c1ccc(/C=C/c2n[nH]c3ccccc23)cc1. The highest BCUT2D eigenvalue weighted by Gasteiger charge is 2.07. The van der Waals surface area contributed by atoms with E-state index in [1.54, 1.807) is 19.1 Å². The predicted molar refractivity (Wildman–Crippen MR) is 105 cm³/mol. The van der Waals surface area contributed by atoms with Gasteiger partial charge in [0.1, 0.15) is 0 Å². The van der Waals surface area contributed by atoms with Crippen molar-refractivity contribution in [3.8, 4) is 0 Å². The molecule has 1 heterocycles. The third-order valence-electron chi connectivity index (χ3n) is 4.03. The van der Waals surface area contributed by atoms with Crippen LogP contribution in [-0.2, 0) is 9.53 Å². The molecule has 138 valence electrons. The molecule has 27 heavy (non-hydrogen) atoms. The predicted octanol–water partition coefficient (Wildman–Crippen LogP) is 3.42. The minimum atomic E-state index is -0.316. The number of nitrogens with one attached hydrogen (secondary N) is 2. The van der Waals surface area contributed by atoms with Crippen molar-refractivity contribution < 1.29 is 14.3 Å². The summed E-state index contributed by atoms with van der Waals surface area (Å²) in [6.45, 7) is 2.35. The molecular weight excluding hydrogens is 342 g/mol. The maximum Gasteiger partial charge on any atom is 0.307 e. The van der Waals surface area contributed by atoms with Crippen LogP contribution >= 0.6 is 0 Å². The standard InChI is InChI=1S/C21H21N3O3/c1-2-27-20(25)13-14-22-21(26)16-10-7-15(8-11-16)9-12-19-17-5-3-4-6-18(17)23-24-19/h3-12H,2,13-14H2,1H3,(H,22,26)(H,23,24)/b12-9+. The topological polar surface area (TPSA) is 84.1 Å². The highest BCUT2D eigenvalue weighted by Crippen LogP contribution is 2.17. The molecule has 2 N–H and O–H groups in total. The fourth-order valence-electron chi connectivity index (χ4n) is 2.65. The number of rotatable bonds is 7. The van der Waals surface area contributed by atoms with Crippen molar-refractivity contribution in [3.63, 3.8) is 0 Å². The summed E-state index contributed by atoms with van der Waals surface area (Å²) in [4.78, 5) is 23.4. The number of aromatic nitrogens is 2. The molecule has 3 rings (SSSR count). The van der Waals surface area contributed by atoms with Gasteiger partial charge < -0.3 is 10.1 Å². The van der Waals surface area contributed by atoms with Crippen molar-refractivity contribution in [1.82, 2.24) is 15.5 Å². The second-order valence-corrected chi connectivity index (χ2v) is 5.92. The van der Waals surface area contributed by atoms with Crippen LogP contribution in [0, 0.1) is 0 Å². The molecule has 0 aliphatic heterocycles. The molecule has 1 aromatic heterocycles. The lowest BCUT2D eigenvalue weighted by atomic mass is 10.1. The highest BCUT2D eigenvalue weighted by molar-refractivity contribution is 5.95. The summed E-state index contributed by atoms with van der Waals surface area (Å²) in [7, 11) is 0. The van der Waals surface area contributed by atoms with Gasteiger partial charge in [-0.1, -0.05) is 36.4 Å². The largest absolute Gasteiger partial charge is 0.466 e. The number of ether oxygens (including phenoxy) is 1. The Labute approximate surface area is 157 Å². The average Bonchev–Trinajstić information content (AvgIpc) is 3.10. The van der Waals surface area contributed by atoms with Gasteiger partial charge in [-0.2, -0.15) is 5.10 Å². The minimum Gasteiger partial charge on any atom is -0.466 e. The zero-order valence-electron chi connectivity index (χ0n) is 15.1. The van der Waals surface area contributed by atoms with Crippen LogP contribution in [0.15, 0.2) is 48.5 Å². The summed E-state index contributed by atoms with van der Waals surface area (Å²) in [5.41, 5.74) is 3.37. The molecule has 0 bridgehead atoms. The molecule has 0 spiro atoms. The molecule has 0 atom stereocenters. The quantitative estimate of drug-likeness (QED) is 0.630. The first-order chi connectivity index (χ1) is 13.2. The Kier molecular flexibility index (Phi) is 5.99. The second kappa shape index (κ2) is 8.80. The van der Waals surface area contributed by atoms with E-state index in [4.69, 9.17) is 4.74 Å². The van der Waals surface area contributed by atoms with Gasteiger partial charge in [-0.15, -0.1) is 0 Å². The Hall–Kier alpha value is -3.41. The summed E-state index contributed by atoms with van der Waals surface area (Å²) >= 11 is 0. The summed E-state index contributed by atoms with van der Waals surface area (Å²) in [6, 6.07) is 15.2. The Balaban J connectivity index is 1.58. The molecule has 0 unspecified atom stereocenters. The van der Waals surface area contributed by atoms with E-state index in [0.717, 1.165) is 22.2 Å². The summed E-state index contributed by atoms with van der Waals surface area (Å²) < 4.78 is 4.82. The minimum absolute atomic E-state index is 0.165. The maximum absolute atomic E-state index is 12.1. The molecule has 6 nitrogen and oxygen atoms in total. The first-order valence-electron chi connectivity index (χ1n) is 8.82. The number of benzene rings is 2. The number of nitrogens with zero attached hydrogens (tertiary/aromatic N) is 1. The number of esters is 1. The van der Waals surface area contributed by atoms with Crippen LogP contribution in [0.1, 0.15) is 35.0 Å². The van der Waals surface area contributed by atoms with E-state index >= 15 is 0 Å². The molecular formula is C21H21N3O3. The van der Waals surface area contributed by atoms with E-state index in [-0.39, 0.29) is 24.8 Å². The number of hydrogen-bond acceptors (Lipinski definition) is 4. The van der Waals surface area contributed by atoms with Gasteiger partial charge in [0.05, 0.1) is 24.2 Å². The molecule has 0 aliphatic carbocycles. The van der Waals surface area contributed by atoms with E-state index < -0.39 is 0 Å². The Bertz CT molecular complexity index is 958. The van der Waals surface area contributed by atoms with Crippen molar-refractivity contribution in [2.24, 2.45) is 0 Å². The Morgan fingerprint density at radius 1 is 1.11 bits per heavy atom. The van der Waals surface area contributed by atoms with Crippen LogP contribution in [0.4, 0.5) is 0 Å². The normalized spacial score (nSPS) is 11.0. The number of para-hydroxylation sites is 1. The van der Waals surface area contributed by atoms with Crippen molar-refractivity contribution in [1.29, 1.82) is 0 Å². The lowest BCUT2D eigenvalue weighted by Gasteiger charge is -2.05. The van der Waals surface area contributed by atoms with E-state index in [9.17, 15) is 9.59 Å². The first-order valence-corrected chi connectivity index (χ1v) is 8.82. The molecule has 0 saturated heterocycles. The van der Waals surface area contributed by atoms with E-state index in [0.29, 0.717) is 12.2 Å². The maximum atomic E-state index is 12.1. The van der Waals surface area contributed by atoms with Crippen LogP contribution in [-0.4, -0.2) is 35.2 Å². The van der Waals surface area contributed by atoms with Gasteiger partial charge in [0.25, 0.3) is 5.91 Å². The number of aromatic amines is 1. The molecule has 0 saturated carbocycles. The van der Waals surface area contributed by atoms with Gasteiger partial charge in [0.2, 0.25) is 0 Å².